The van der Waals surface area contributed by atoms with Crippen molar-refractivity contribution in [3.8, 4) is 0 Å². The zero-order valence-electron chi connectivity index (χ0n) is 8.65. The van der Waals surface area contributed by atoms with E-state index in [4.69, 9.17) is 0 Å². The molecule has 72 valence electrons. The van der Waals surface area contributed by atoms with E-state index in [0.717, 1.165) is 9.45 Å². The third-order valence-corrected chi connectivity index (χ3v) is 5.79. The summed E-state index contributed by atoms with van der Waals surface area (Å²) in [6.07, 6.45) is 5.89. The average molecular weight is 294 g/mol. The molecule has 2 radical (unpaired) electrons. The first-order valence-electron chi connectivity index (χ1n) is 4.70. The summed E-state index contributed by atoms with van der Waals surface area (Å²) in [7, 11) is 1.97. The monoisotopic (exact) mass is 295 g/mol. The molecule has 0 saturated heterocycles. The molecule has 0 saturated carbocycles. The van der Waals surface area contributed by atoms with E-state index >= 15 is 0 Å². The first-order chi connectivity index (χ1) is 6.68. The van der Waals surface area contributed by atoms with Gasteiger partial charge in [-0.1, -0.05) is 0 Å². The summed E-state index contributed by atoms with van der Waals surface area (Å²) in [5.74, 6) is 0. The van der Waals surface area contributed by atoms with Crippen molar-refractivity contribution >= 4 is 35.6 Å². The second kappa shape index (κ2) is 3.88. The average Bonchev–Trinajstić information content (AvgIpc) is 2.49. The van der Waals surface area contributed by atoms with Crippen LogP contribution in [0.2, 0.25) is 3.93 Å². The summed E-state index contributed by atoms with van der Waals surface area (Å²) in [5.41, 5.74) is 1.16. The maximum atomic E-state index is 4.28. The topological polar surface area (TPSA) is 30.7 Å². The SMILES string of the molecule is C[CH](C)[Sn][c]1cncc2c1cnn2C. The van der Waals surface area contributed by atoms with E-state index in [0.29, 0.717) is 0 Å². The normalized spacial score (nSPS) is 11.4. The Morgan fingerprint density at radius 3 is 2.79 bits per heavy atom. The molecule has 4 heteroatoms. The minimum atomic E-state index is -0.485. The van der Waals surface area contributed by atoms with Crippen LogP contribution in [-0.2, 0) is 7.05 Å². The van der Waals surface area contributed by atoms with E-state index in [-0.39, 0.29) is 0 Å². The Hall–Kier alpha value is -0.581. The number of rotatable bonds is 2. The zero-order valence-corrected chi connectivity index (χ0v) is 11.5. The molecule has 0 aromatic carbocycles. The van der Waals surface area contributed by atoms with Crippen molar-refractivity contribution in [1.82, 2.24) is 14.8 Å². The van der Waals surface area contributed by atoms with E-state index in [1.165, 1.54) is 8.97 Å². The molecule has 0 bridgehead atoms. The fraction of sp³-hybridized carbons (Fsp3) is 0.400. The van der Waals surface area contributed by atoms with Crippen LogP contribution in [0.15, 0.2) is 18.6 Å². The Morgan fingerprint density at radius 2 is 2.07 bits per heavy atom. The summed E-state index contributed by atoms with van der Waals surface area (Å²) in [5, 5.41) is 5.58. The van der Waals surface area contributed by atoms with Gasteiger partial charge in [0.25, 0.3) is 0 Å². The maximum absolute atomic E-state index is 4.28. The Bertz CT molecular complexity index is 448. The molecule has 2 aromatic heterocycles. The van der Waals surface area contributed by atoms with Crippen LogP contribution in [0.1, 0.15) is 13.8 Å². The van der Waals surface area contributed by atoms with Gasteiger partial charge in [0.1, 0.15) is 0 Å². The molecular formula is C10H13N3Sn. The molecule has 2 heterocycles. The van der Waals surface area contributed by atoms with Crippen molar-refractivity contribution in [1.29, 1.82) is 0 Å². The van der Waals surface area contributed by atoms with Crippen molar-refractivity contribution < 1.29 is 0 Å². The number of nitrogens with zero attached hydrogens (tertiary/aromatic N) is 3. The molecule has 0 spiro atoms. The van der Waals surface area contributed by atoms with Crippen LogP contribution < -0.4 is 3.58 Å². The van der Waals surface area contributed by atoms with Crippen molar-refractivity contribution in [3.63, 3.8) is 0 Å². The van der Waals surface area contributed by atoms with Crippen LogP contribution in [0, 0.1) is 0 Å². The summed E-state index contributed by atoms with van der Waals surface area (Å²) in [4.78, 5) is 4.28. The van der Waals surface area contributed by atoms with Crippen LogP contribution >= 0.6 is 0 Å². The van der Waals surface area contributed by atoms with Gasteiger partial charge in [0.2, 0.25) is 0 Å². The van der Waals surface area contributed by atoms with E-state index in [1.807, 2.05) is 30.3 Å². The van der Waals surface area contributed by atoms with E-state index < -0.39 is 21.1 Å². The first kappa shape index (κ1) is 9.95. The standard InChI is InChI=1S/C7H6N3.C3H7.Sn/c1-10-7-5-8-3-2-6(7)4-9-10;1-3-2;/h3-5H,1H3;3H,1-2H3;. The molecule has 2 aromatic rings. The summed E-state index contributed by atoms with van der Waals surface area (Å²) in [6.45, 7) is 4.59. The van der Waals surface area contributed by atoms with Crippen molar-refractivity contribution in [3.05, 3.63) is 18.6 Å². The van der Waals surface area contributed by atoms with Gasteiger partial charge in [-0.05, 0) is 0 Å². The van der Waals surface area contributed by atoms with Gasteiger partial charge in [-0.2, -0.15) is 0 Å². The van der Waals surface area contributed by atoms with E-state index in [9.17, 15) is 0 Å². The Labute approximate surface area is 93.7 Å². The van der Waals surface area contributed by atoms with Gasteiger partial charge in [-0.25, -0.2) is 0 Å². The third-order valence-electron chi connectivity index (χ3n) is 2.12. The van der Waals surface area contributed by atoms with Gasteiger partial charge in [0, 0.05) is 0 Å². The summed E-state index contributed by atoms with van der Waals surface area (Å²) < 4.78 is 4.19. The van der Waals surface area contributed by atoms with Crippen LogP contribution in [0.25, 0.3) is 10.9 Å². The van der Waals surface area contributed by atoms with Gasteiger partial charge in [0.15, 0.2) is 0 Å². The molecule has 0 aliphatic heterocycles. The molecule has 0 unspecified atom stereocenters. The second-order valence-corrected chi connectivity index (χ2v) is 9.34. The fourth-order valence-corrected chi connectivity index (χ4v) is 4.68. The number of fused-ring (bicyclic) bond motifs is 1. The number of hydrogen-bond donors (Lipinski definition) is 0. The van der Waals surface area contributed by atoms with Crippen LogP contribution in [-0.4, -0.2) is 35.9 Å². The first-order valence-corrected chi connectivity index (χ1v) is 7.78. The van der Waals surface area contributed by atoms with Crippen LogP contribution in [0.4, 0.5) is 0 Å². The molecular weight excluding hydrogens is 281 g/mol. The van der Waals surface area contributed by atoms with Gasteiger partial charge in [-0.3, -0.25) is 0 Å². The molecule has 14 heavy (non-hydrogen) atoms. The van der Waals surface area contributed by atoms with Gasteiger partial charge in [0.05, 0.1) is 0 Å². The number of aromatic nitrogens is 3. The predicted molar refractivity (Wildman–Crippen MR) is 59.0 cm³/mol. The quantitative estimate of drug-likeness (QED) is 0.777. The van der Waals surface area contributed by atoms with Crippen molar-refractivity contribution in [2.24, 2.45) is 7.05 Å². The Morgan fingerprint density at radius 1 is 1.29 bits per heavy atom. The molecule has 0 aliphatic carbocycles. The molecule has 0 N–H and O–H groups in total. The minimum absolute atomic E-state index is 0.485. The van der Waals surface area contributed by atoms with Crippen LogP contribution in [0.5, 0.6) is 0 Å². The summed E-state index contributed by atoms with van der Waals surface area (Å²) >= 11 is -0.485. The van der Waals surface area contributed by atoms with Crippen LogP contribution in [0.3, 0.4) is 0 Å². The number of pyridine rings is 1. The molecule has 0 fully saturated rings. The fourth-order valence-electron chi connectivity index (χ4n) is 1.49. The molecule has 2 rings (SSSR count). The number of hydrogen-bond acceptors (Lipinski definition) is 2. The van der Waals surface area contributed by atoms with Gasteiger partial charge in [-0.15, -0.1) is 0 Å². The molecule has 0 amide bonds. The predicted octanol–water partition coefficient (Wildman–Crippen LogP) is 1.13. The Kier molecular flexibility index (Phi) is 2.76. The molecule has 3 nitrogen and oxygen atoms in total. The second-order valence-electron chi connectivity index (χ2n) is 3.69. The molecule has 0 aliphatic rings. The van der Waals surface area contributed by atoms with Gasteiger partial charge < -0.3 is 0 Å². The molecule has 0 atom stereocenters. The van der Waals surface area contributed by atoms with E-state index in [2.05, 4.69) is 23.9 Å². The van der Waals surface area contributed by atoms with Crippen molar-refractivity contribution in [2.45, 2.75) is 17.8 Å². The number of aryl methyl sites for hydroxylation is 1. The third kappa shape index (κ3) is 1.78. The van der Waals surface area contributed by atoms with Gasteiger partial charge >= 0.3 is 93.8 Å². The Balaban J connectivity index is 2.54. The zero-order chi connectivity index (χ0) is 10.1. The van der Waals surface area contributed by atoms with E-state index in [1.54, 1.807) is 0 Å². The summed E-state index contributed by atoms with van der Waals surface area (Å²) in [6, 6.07) is 0. The van der Waals surface area contributed by atoms with Crippen molar-refractivity contribution in [2.75, 3.05) is 0 Å².